The summed E-state index contributed by atoms with van der Waals surface area (Å²) in [5, 5.41) is 0. The second-order valence-corrected chi connectivity index (χ2v) is 5.99. The van der Waals surface area contributed by atoms with E-state index in [4.69, 9.17) is 9.47 Å². The van der Waals surface area contributed by atoms with E-state index in [-0.39, 0.29) is 11.4 Å². The average Bonchev–Trinajstić information content (AvgIpc) is 2.42. The Hall–Kier alpha value is -1.61. The van der Waals surface area contributed by atoms with Gasteiger partial charge in [0, 0.05) is 13.2 Å². The minimum atomic E-state index is -0.309. The lowest BCUT2D eigenvalue weighted by molar-refractivity contribution is -0.137. The molecule has 3 heteroatoms. The maximum Gasteiger partial charge on any atom is 0.330 e. The van der Waals surface area contributed by atoms with E-state index >= 15 is 0 Å². The predicted octanol–water partition coefficient (Wildman–Crippen LogP) is 3.75. The number of esters is 1. The van der Waals surface area contributed by atoms with E-state index in [0.717, 1.165) is 12.0 Å². The fourth-order valence-corrected chi connectivity index (χ4v) is 2.00. The third kappa shape index (κ3) is 5.72. The molecule has 0 saturated carbocycles. The molecule has 0 aromatic heterocycles. The average molecular weight is 290 g/mol. The topological polar surface area (TPSA) is 35.5 Å². The lowest BCUT2D eigenvalue weighted by atomic mass is 9.85. The molecule has 0 amide bonds. The monoisotopic (exact) mass is 290 g/mol. The highest BCUT2D eigenvalue weighted by Gasteiger charge is 2.14. The minimum absolute atomic E-state index is 0.0757. The van der Waals surface area contributed by atoms with Gasteiger partial charge in [0.1, 0.15) is 0 Å². The number of carbonyl (C=O) groups excluding carboxylic acids is 1. The van der Waals surface area contributed by atoms with Crippen LogP contribution in [0.4, 0.5) is 0 Å². The van der Waals surface area contributed by atoms with E-state index in [1.807, 2.05) is 6.08 Å². The van der Waals surface area contributed by atoms with Gasteiger partial charge in [0.25, 0.3) is 0 Å². The van der Waals surface area contributed by atoms with Crippen LogP contribution >= 0.6 is 0 Å². The molecular weight excluding hydrogens is 264 g/mol. The summed E-state index contributed by atoms with van der Waals surface area (Å²) in [6, 6.07) is 6.40. The largest absolute Gasteiger partial charge is 0.463 e. The van der Waals surface area contributed by atoms with Gasteiger partial charge in [-0.3, -0.25) is 0 Å². The maximum absolute atomic E-state index is 11.5. The summed E-state index contributed by atoms with van der Waals surface area (Å²) in [5.41, 5.74) is 3.54. The van der Waals surface area contributed by atoms with Crippen LogP contribution in [0.3, 0.4) is 0 Å². The normalized spacial score (nSPS) is 11.9. The van der Waals surface area contributed by atoms with Crippen LogP contribution < -0.4 is 0 Å². The van der Waals surface area contributed by atoms with E-state index in [1.165, 1.54) is 17.2 Å². The molecule has 0 N–H and O–H groups in total. The summed E-state index contributed by atoms with van der Waals surface area (Å²) < 4.78 is 10.1. The van der Waals surface area contributed by atoms with Gasteiger partial charge in [-0.1, -0.05) is 39.0 Å². The second kappa shape index (κ2) is 7.99. The third-order valence-electron chi connectivity index (χ3n) is 3.27. The summed E-state index contributed by atoms with van der Waals surface area (Å²) in [4.78, 5) is 11.5. The van der Waals surface area contributed by atoms with Crippen LogP contribution in [0.5, 0.6) is 0 Å². The van der Waals surface area contributed by atoms with Gasteiger partial charge in [-0.05, 0) is 41.5 Å². The number of benzene rings is 1. The standard InChI is InChI=1S/C18H26O3/c1-6-21-17(19)10-8-15-13-16(18(2,3)4)9-7-14(15)11-12-20-5/h7-10,13H,6,11-12H2,1-5H3/b10-8+. The van der Waals surface area contributed by atoms with Crippen LogP contribution in [0.2, 0.25) is 0 Å². The van der Waals surface area contributed by atoms with E-state index in [1.54, 1.807) is 14.0 Å². The zero-order valence-corrected chi connectivity index (χ0v) is 13.7. The summed E-state index contributed by atoms with van der Waals surface area (Å²) in [7, 11) is 1.69. The third-order valence-corrected chi connectivity index (χ3v) is 3.27. The van der Waals surface area contributed by atoms with Crippen molar-refractivity contribution < 1.29 is 14.3 Å². The van der Waals surface area contributed by atoms with Gasteiger partial charge in [0.15, 0.2) is 0 Å². The quantitative estimate of drug-likeness (QED) is 0.591. The van der Waals surface area contributed by atoms with E-state index in [9.17, 15) is 4.79 Å². The van der Waals surface area contributed by atoms with Crippen molar-refractivity contribution in [3.8, 4) is 0 Å². The van der Waals surface area contributed by atoms with Crippen molar-refractivity contribution in [2.24, 2.45) is 0 Å². The number of ether oxygens (including phenoxy) is 2. The molecule has 0 saturated heterocycles. The number of carbonyl (C=O) groups is 1. The van der Waals surface area contributed by atoms with Gasteiger partial charge in [-0.15, -0.1) is 0 Å². The Morgan fingerprint density at radius 2 is 2.00 bits per heavy atom. The van der Waals surface area contributed by atoms with Crippen molar-refractivity contribution >= 4 is 12.0 Å². The molecule has 0 bridgehead atoms. The fraction of sp³-hybridized carbons (Fsp3) is 0.500. The van der Waals surface area contributed by atoms with Crippen LogP contribution in [0.25, 0.3) is 6.08 Å². The molecule has 0 heterocycles. The SMILES string of the molecule is CCOC(=O)/C=C/c1cc(C(C)(C)C)ccc1CCOC. The summed E-state index contributed by atoms with van der Waals surface area (Å²) >= 11 is 0. The molecule has 0 fully saturated rings. The zero-order chi connectivity index (χ0) is 15.9. The number of hydrogen-bond donors (Lipinski definition) is 0. The summed E-state index contributed by atoms with van der Waals surface area (Å²) in [6.45, 7) is 9.38. The zero-order valence-electron chi connectivity index (χ0n) is 13.7. The molecular formula is C18H26O3. The van der Waals surface area contributed by atoms with Crippen molar-refractivity contribution in [2.75, 3.05) is 20.3 Å². The molecule has 0 unspecified atom stereocenters. The first-order valence-electron chi connectivity index (χ1n) is 7.35. The minimum Gasteiger partial charge on any atom is -0.463 e. The molecule has 0 aliphatic rings. The van der Waals surface area contributed by atoms with Crippen LogP contribution in [0.15, 0.2) is 24.3 Å². The molecule has 0 atom stereocenters. The predicted molar refractivity (Wildman–Crippen MR) is 86.4 cm³/mol. The molecule has 1 aromatic rings. The van der Waals surface area contributed by atoms with E-state index < -0.39 is 0 Å². The van der Waals surface area contributed by atoms with Crippen LogP contribution in [-0.2, 0) is 26.1 Å². The summed E-state index contributed by atoms with van der Waals surface area (Å²) in [6.07, 6.45) is 4.14. The van der Waals surface area contributed by atoms with Crippen molar-refractivity contribution in [3.63, 3.8) is 0 Å². The Kier molecular flexibility index (Phi) is 6.63. The first-order chi connectivity index (χ1) is 9.88. The maximum atomic E-state index is 11.5. The van der Waals surface area contributed by atoms with Crippen LogP contribution in [-0.4, -0.2) is 26.3 Å². The first kappa shape index (κ1) is 17.4. The highest BCUT2D eigenvalue weighted by atomic mass is 16.5. The Morgan fingerprint density at radius 3 is 2.57 bits per heavy atom. The van der Waals surface area contributed by atoms with Crippen LogP contribution in [0.1, 0.15) is 44.4 Å². The van der Waals surface area contributed by atoms with Crippen molar-refractivity contribution in [3.05, 3.63) is 41.0 Å². The van der Waals surface area contributed by atoms with Gasteiger partial charge >= 0.3 is 5.97 Å². The number of rotatable bonds is 6. The van der Waals surface area contributed by atoms with Crippen molar-refractivity contribution in [2.45, 2.75) is 39.5 Å². The Morgan fingerprint density at radius 1 is 1.29 bits per heavy atom. The molecule has 0 aliphatic heterocycles. The summed E-state index contributed by atoms with van der Waals surface area (Å²) in [5.74, 6) is -0.309. The van der Waals surface area contributed by atoms with Crippen LogP contribution in [0, 0.1) is 0 Å². The highest BCUT2D eigenvalue weighted by Crippen LogP contribution is 2.25. The van der Waals surface area contributed by atoms with Gasteiger partial charge in [0.2, 0.25) is 0 Å². The molecule has 1 rings (SSSR count). The lowest BCUT2D eigenvalue weighted by Gasteiger charge is -2.20. The second-order valence-electron chi connectivity index (χ2n) is 5.99. The smallest absolute Gasteiger partial charge is 0.330 e. The van der Waals surface area contributed by atoms with Gasteiger partial charge in [-0.25, -0.2) is 4.79 Å². The first-order valence-corrected chi connectivity index (χ1v) is 7.35. The molecule has 0 radical (unpaired) electrons. The Labute approximate surface area is 128 Å². The highest BCUT2D eigenvalue weighted by molar-refractivity contribution is 5.87. The molecule has 0 spiro atoms. The number of methoxy groups -OCH3 is 1. The molecule has 3 nitrogen and oxygen atoms in total. The van der Waals surface area contributed by atoms with Gasteiger partial charge in [-0.2, -0.15) is 0 Å². The van der Waals surface area contributed by atoms with Crippen molar-refractivity contribution in [1.82, 2.24) is 0 Å². The fourth-order valence-electron chi connectivity index (χ4n) is 2.00. The molecule has 0 aliphatic carbocycles. The molecule has 1 aromatic carbocycles. The molecule has 21 heavy (non-hydrogen) atoms. The number of hydrogen-bond acceptors (Lipinski definition) is 3. The van der Waals surface area contributed by atoms with E-state index in [2.05, 4.69) is 39.0 Å². The van der Waals surface area contributed by atoms with Gasteiger partial charge < -0.3 is 9.47 Å². The Bertz CT molecular complexity index is 496. The molecule has 116 valence electrons. The lowest BCUT2D eigenvalue weighted by Crippen LogP contribution is -2.12. The van der Waals surface area contributed by atoms with Crippen molar-refractivity contribution in [1.29, 1.82) is 0 Å². The van der Waals surface area contributed by atoms with E-state index in [0.29, 0.717) is 13.2 Å². The van der Waals surface area contributed by atoms with Gasteiger partial charge in [0.05, 0.1) is 13.2 Å². The Balaban J connectivity index is 3.07.